The zero-order valence-corrected chi connectivity index (χ0v) is 32.2. The quantitative estimate of drug-likeness (QED) is 0.0284. The summed E-state index contributed by atoms with van der Waals surface area (Å²) >= 11 is 3.96. The monoisotopic (exact) mass is 708 g/mol. The van der Waals surface area contributed by atoms with Crippen LogP contribution >= 0.6 is 20.5 Å². The van der Waals surface area contributed by atoms with Gasteiger partial charge in [-0.1, -0.05) is 168 Å². The van der Waals surface area contributed by atoms with Crippen molar-refractivity contribution in [1.82, 2.24) is 0 Å². The van der Waals surface area contributed by atoms with Crippen LogP contribution in [-0.4, -0.2) is 48.5 Å². The maximum Gasteiger partial charge on any atom is 0.472 e. The van der Waals surface area contributed by atoms with E-state index < -0.39 is 26.5 Å². The first-order valence-corrected chi connectivity index (χ1v) is 21.5. The van der Waals surface area contributed by atoms with E-state index in [0.29, 0.717) is 12.8 Å². The van der Waals surface area contributed by atoms with Gasteiger partial charge in [0.15, 0.2) is 6.10 Å². The highest BCUT2D eigenvalue weighted by Crippen LogP contribution is 2.43. The van der Waals surface area contributed by atoms with E-state index in [1.807, 2.05) is 0 Å². The van der Waals surface area contributed by atoms with Crippen molar-refractivity contribution < 1.29 is 37.6 Å². The topological polar surface area (TPSA) is 108 Å². The first-order valence-electron chi connectivity index (χ1n) is 19.4. The molecule has 8 nitrogen and oxygen atoms in total. The molecule has 0 aliphatic heterocycles. The van der Waals surface area contributed by atoms with Gasteiger partial charge >= 0.3 is 19.8 Å². The SMILES string of the molecule is CCCCCCCCCCCCCCCC(=O)OCC(COP(=O)(O)OCCS)OC(=O)CCCCCCCCCCCCCCC. The van der Waals surface area contributed by atoms with Crippen LogP contribution in [0.4, 0.5) is 0 Å². The lowest BCUT2D eigenvalue weighted by Crippen LogP contribution is -2.29. The molecule has 0 aliphatic carbocycles. The lowest BCUT2D eigenvalue weighted by molar-refractivity contribution is -0.161. The van der Waals surface area contributed by atoms with Gasteiger partial charge < -0.3 is 14.4 Å². The summed E-state index contributed by atoms with van der Waals surface area (Å²) in [5.74, 6) is -0.551. The molecule has 2 unspecified atom stereocenters. The summed E-state index contributed by atoms with van der Waals surface area (Å²) in [5, 5.41) is 0. The number of carbonyl (C=O) groups excluding carboxylic acids is 2. The number of esters is 2. The molecule has 0 aromatic carbocycles. The van der Waals surface area contributed by atoms with Gasteiger partial charge in [-0.15, -0.1) is 0 Å². The fourth-order valence-electron chi connectivity index (χ4n) is 5.56. The minimum absolute atomic E-state index is 0.0610. The fourth-order valence-corrected chi connectivity index (χ4v) is 6.55. The second kappa shape index (κ2) is 35.2. The lowest BCUT2D eigenvalue weighted by Gasteiger charge is -2.19. The normalized spacial score (nSPS) is 13.4. The zero-order chi connectivity index (χ0) is 34.7. The number of rotatable bonds is 37. The van der Waals surface area contributed by atoms with Crippen LogP contribution in [0.2, 0.25) is 0 Å². The second-order valence-electron chi connectivity index (χ2n) is 13.1. The van der Waals surface area contributed by atoms with Crippen molar-refractivity contribution in [3.63, 3.8) is 0 Å². The van der Waals surface area contributed by atoms with Gasteiger partial charge in [0.2, 0.25) is 0 Å². The van der Waals surface area contributed by atoms with E-state index in [4.69, 9.17) is 18.5 Å². The van der Waals surface area contributed by atoms with Crippen LogP contribution < -0.4 is 0 Å². The maximum absolute atomic E-state index is 12.5. The predicted octanol–water partition coefficient (Wildman–Crippen LogP) is 11.5. The van der Waals surface area contributed by atoms with Crippen molar-refractivity contribution in [3.8, 4) is 0 Å². The zero-order valence-electron chi connectivity index (χ0n) is 30.4. The molecule has 1 N–H and O–H groups in total. The molecule has 2 atom stereocenters. The molecule has 0 aliphatic rings. The number of phosphoric ester groups is 1. The third-order valence-electron chi connectivity index (χ3n) is 8.47. The molecule has 0 bridgehead atoms. The molecule has 280 valence electrons. The van der Waals surface area contributed by atoms with E-state index in [1.54, 1.807) is 0 Å². The largest absolute Gasteiger partial charge is 0.472 e. The van der Waals surface area contributed by atoms with E-state index in [2.05, 4.69) is 26.5 Å². The highest BCUT2D eigenvalue weighted by molar-refractivity contribution is 7.80. The first kappa shape index (κ1) is 46.4. The third kappa shape index (κ3) is 35.0. The van der Waals surface area contributed by atoms with Crippen LogP contribution in [0.1, 0.15) is 194 Å². The molecule has 0 heterocycles. The van der Waals surface area contributed by atoms with Crippen molar-refractivity contribution >= 4 is 32.4 Å². The van der Waals surface area contributed by atoms with Gasteiger partial charge in [0.25, 0.3) is 0 Å². The van der Waals surface area contributed by atoms with Gasteiger partial charge in [-0.05, 0) is 12.8 Å². The molecule has 0 rings (SSSR count). The van der Waals surface area contributed by atoms with Crippen molar-refractivity contribution in [2.24, 2.45) is 0 Å². The summed E-state index contributed by atoms with van der Waals surface area (Å²) in [4.78, 5) is 34.7. The average molecular weight is 709 g/mol. The van der Waals surface area contributed by atoms with Gasteiger partial charge in [-0.2, -0.15) is 12.6 Å². The van der Waals surface area contributed by atoms with E-state index in [-0.39, 0.29) is 31.4 Å². The standard InChI is InChI=1S/C37H73O8PS/c1-3-5-7-9-11-13-15-17-19-21-23-25-27-29-36(38)42-33-35(34-44-46(40,41)43-31-32-47)45-37(39)30-28-26-24-22-20-18-16-14-12-10-8-6-4-2/h35,47H,3-34H2,1-2H3,(H,40,41). The molecule has 0 fully saturated rings. The molecule has 10 heteroatoms. The van der Waals surface area contributed by atoms with Crippen molar-refractivity contribution in [3.05, 3.63) is 0 Å². The Bertz CT molecular complexity index is 754. The van der Waals surface area contributed by atoms with Crippen molar-refractivity contribution in [2.45, 2.75) is 200 Å². The highest BCUT2D eigenvalue weighted by atomic mass is 32.1. The second-order valence-corrected chi connectivity index (χ2v) is 15.0. The van der Waals surface area contributed by atoms with Crippen LogP contribution in [0.15, 0.2) is 0 Å². The molecule has 0 spiro atoms. The Hall–Kier alpha value is -0.600. The Balaban J connectivity index is 4.18. The van der Waals surface area contributed by atoms with Crippen LogP contribution in [-0.2, 0) is 32.7 Å². The highest BCUT2D eigenvalue weighted by Gasteiger charge is 2.26. The van der Waals surface area contributed by atoms with E-state index >= 15 is 0 Å². The smallest absolute Gasteiger partial charge is 0.462 e. The summed E-state index contributed by atoms with van der Waals surface area (Å²) in [7, 11) is -4.33. The van der Waals surface area contributed by atoms with Crippen molar-refractivity contribution in [1.29, 1.82) is 0 Å². The van der Waals surface area contributed by atoms with E-state index in [1.165, 1.54) is 128 Å². The van der Waals surface area contributed by atoms with Crippen LogP contribution in [0.25, 0.3) is 0 Å². The Morgan fingerprint density at radius 1 is 0.553 bits per heavy atom. The summed E-state index contributed by atoms with van der Waals surface area (Å²) in [6.45, 7) is 3.80. The van der Waals surface area contributed by atoms with Crippen molar-refractivity contribution in [2.75, 3.05) is 25.6 Å². The molecule has 0 radical (unpaired) electrons. The predicted molar refractivity (Wildman–Crippen MR) is 197 cm³/mol. The number of carbonyl (C=O) groups is 2. The molecular formula is C37H73O8PS. The third-order valence-corrected chi connectivity index (χ3v) is 9.63. The molecule has 0 saturated carbocycles. The van der Waals surface area contributed by atoms with Gasteiger partial charge in [-0.3, -0.25) is 18.6 Å². The van der Waals surface area contributed by atoms with Gasteiger partial charge in [0.05, 0.1) is 13.2 Å². The Morgan fingerprint density at radius 2 is 0.915 bits per heavy atom. The van der Waals surface area contributed by atoms with Gasteiger partial charge in [0.1, 0.15) is 6.61 Å². The van der Waals surface area contributed by atoms with E-state index in [9.17, 15) is 19.0 Å². The van der Waals surface area contributed by atoms with Gasteiger partial charge in [0, 0.05) is 18.6 Å². The lowest BCUT2D eigenvalue weighted by atomic mass is 10.0. The molecule has 0 aromatic rings. The number of hydrogen-bond donors (Lipinski definition) is 2. The Morgan fingerprint density at radius 3 is 1.30 bits per heavy atom. The minimum atomic E-state index is -4.33. The van der Waals surface area contributed by atoms with Crippen LogP contribution in [0.3, 0.4) is 0 Å². The minimum Gasteiger partial charge on any atom is -0.462 e. The van der Waals surface area contributed by atoms with Crippen LogP contribution in [0, 0.1) is 0 Å². The number of phosphoric acid groups is 1. The van der Waals surface area contributed by atoms with Crippen LogP contribution in [0.5, 0.6) is 0 Å². The fraction of sp³-hybridized carbons (Fsp3) is 0.946. The van der Waals surface area contributed by atoms with E-state index in [0.717, 1.165) is 32.1 Å². The summed E-state index contributed by atoms with van der Waals surface area (Å²) < 4.78 is 32.8. The average Bonchev–Trinajstić information content (AvgIpc) is 3.05. The molecular weight excluding hydrogens is 635 g/mol. The first-order chi connectivity index (χ1) is 22.8. The van der Waals surface area contributed by atoms with Gasteiger partial charge in [-0.25, -0.2) is 4.57 Å². The number of thiol groups is 1. The summed E-state index contributed by atoms with van der Waals surface area (Å²) in [6, 6.07) is 0. The Kier molecular flexibility index (Phi) is 34.8. The number of unbranched alkanes of at least 4 members (excludes halogenated alkanes) is 24. The number of hydrogen-bond acceptors (Lipinski definition) is 8. The molecule has 0 saturated heterocycles. The number of ether oxygens (including phenoxy) is 2. The summed E-state index contributed by atoms with van der Waals surface area (Å²) in [6.07, 6.45) is 31.3. The molecule has 47 heavy (non-hydrogen) atoms. The Labute approximate surface area is 294 Å². The summed E-state index contributed by atoms with van der Waals surface area (Å²) in [5.41, 5.74) is 0. The molecule has 0 aromatic heterocycles. The maximum atomic E-state index is 12.5. The molecule has 0 amide bonds.